The molecule has 3 aromatic carbocycles. The number of imidazole rings is 1. The predicted molar refractivity (Wildman–Crippen MR) is 156 cm³/mol. The van der Waals surface area contributed by atoms with E-state index in [0.29, 0.717) is 16.7 Å². The first-order chi connectivity index (χ1) is 19.8. The number of alkyl carbamates (subject to hydrolysis) is 1. The Kier molecular flexibility index (Phi) is 6.74. The number of aromatic amines is 2. The van der Waals surface area contributed by atoms with Crippen LogP contribution in [0.15, 0.2) is 65.6 Å². The van der Waals surface area contributed by atoms with Gasteiger partial charge < -0.3 is 24.9 Å². The smallest absolute Gasteiger partial charge is 0.407 e. The summed E-state index contributed by atoms with van der Waals surface area (Å²) < 4.78 is 4.58. The van der Waals surface area contributed by atoms with Crippen LogP contribution in [0.4, 0.5) is 4.79 Å². The number of fused-ring (bicyclic) bond motifs is 2. The Labute approximate surface area is 235 Å². The van der Waals surface area contributed by atoms with Crippen LogP contribution in [0.5, 0.6) is 0 Å². The number of amides is 2. The van der Waals surface area contributed by atoms with Crippen LogP contribution in [0.2, 0.25) is 0 Å². The van der Waals surface area contributed by atoms with Crippen LogP contribution in [0.3, 0.4) is 0 Å². The summed E-state index contributed by atoms with van der Waals surface area (Å²) in [6.45, 7) is 3.66. The number of carbonyl (C=O) groups excluding carboxylic acids is 2. The lowest BCUT2D eigenvalue weighted by Crippen LogP contribution is -2.43. The van der Waals surface area contributed by atoms with Crippen molar-refractivity contribution >= 4 is 33.7 Å². The summed E-state index contributed by atoms with van der Waals surface area (Å²) in [7, 11) is 1.27. The van der Waals surface area contributed by atoms with E-state index in [9.17, 15) is 14.4 Å². The van der Waals surface area contributed by atoms with Gasteiger partial charge >= 0.3 is 6.09 Å². The van der Waals surface area contributed by atoms with Gasteiger partial charge in [-0.3, -0.25) is 9.59 Å². The lowest BCUT2D eigenvalue weighted by molar-refractivity contribution is -0.133. The molecule has 1 aliphatic rings. The molecule has 0 spiro atoms. The topological polar surface area (TPSA) is 133 Å². The minimum atomic E-state index is -0.633. The number of methoxy groups -OCH3 is 1. The Morgan fingerprint density at radius 2 is 1.71 bits per heavy atom. The van der Waals surface area contributed by atoms with Crippen molar-refractivity contribution in [3.63, 3.8) is 0 Å². The van der Waals surface area contributed by atoms with Crippen LogP contribution in [0.1, 0.15) is 37.5 Å². The second-order valence-electron chi connectivity index (χ2n) is 10.4. The maximum Gasteiger partial charge on any atom is 0.407 e. The van der Waals surface area contributed by atoms with Gasteiger partial charge in [-0.15, -0.1) is 0 Å². The van der Waals surface area contributed by atoms with Crippen molar-refractivity contribution in [1.29, 1.82) is 0 Å². The summed E-state index contributed by atoms with van der Waals surface area (Å²) in [4.78, 5) is 53.7. The third-order valence-electron chi connectivity index (χ3n) is 7.75. The second kappa shape index (κ2) is 10.5. The molecule has 3 heterocycles. The van der Waals surface area contributed by atoms with Crippen molar-refractivity contribution < 1.29 is 14.3 Å². The zero-order chi connectivity index (χ0) is 28.7. The van der Waals surface area contributed by atoms with E-state index in [1.54, 1.807) is 18.0 Å². The average Bonchev–Trinajstić information content (AvgIpc) is 3.61. The molecule has 0 aliphatic carbocycles. The van der Waals surface area contributed by atoms with Crippen LogP contribution in [0.25, 0.3) is 44.1 Å². The number of aryl methyl sites for hydroxylation is 1. The summed E-state index contributed by atoms with van der Waals surface area (Å²) in [6.07, 6.45) is 2.81. The Hall–Kier alpha value is -4.99. The number of aromatic nitrogens is 4. The number of rotatable bonds is 5. The zero-order valence-corrected chi connectivity index (χ0v) is 23.0. The van der Waals surface area contributed by atoms with E-state index in [4.69, 9.17) is 0 Å². The lowest BCUT2D eigenvalue weighted by atomic mass is 9.98. The molecule has 10 nitrogen and oxygen atoms in total. The van der Waals surface area contributed by atoms with Gasteiger partial charge in [-0.2, -0.15) is 0 Å². The van der Waals surface area contributed by atoms with Gasteiger partial charge in [0.05, 0.1) is 35.9 Å². The highest BCUT2D eigenvalue weighted by Crippen LogP contribution is 2.36. The molecule has 0 saturated carbocycles. The van der Waals surface area contributed by atoms with Crippen LogP contribution >= 0.6 is 0 Å². The van der Waals surface area contributed by atoms with Crippen LogP contribution < -0.4 is 10.9 Å². The Morgan fingerprint density at radius 1 is 1.00 bits per heavy atom. The minimum absolute atomic E-state index is 0.0402. The second-order valence-corrected chi connectivity index (χ2v) is 10.4. The Morgan fingerprint density at radius 3 is 2.49 bits per heavy atom. The predicted octanol–water partition coefficient (Wildman–Crippen LogP) is 4.85. The van der Waals surface area contributed by atoms with E-state index >= 15 is 0 Å². The molecule has 2 atom stereocenters. The molecular weight excluding hydrogens is 520 g/mol. The van der Waals surface area contributed by atoms with Crippen LogP contribution in [-0.4, -0.2) is 56.5 Å². The first-order valence-corrected chi connectivity index (χ1v) is 13.5. The zero-order valence-electron chi connectivity index (χ0n) is 23.0. The lowest BCUT2D eigenvalue weighted by Gasteiger charge is -2.27. The van der Waals surface area contributed by atoms with Crippen molar-refractivity contribution in [3.05, 3.63) is 82.8 Å². The first-order valence-electron chi connectivity index (χ1n) is 13.5. The molecule has 208 valence electrons. The fourth-order valence-electron chi connectivity index (χ4n) is 5.67. The molecule has 1 aliphatic heterocycles. The first kappa shape index (κ1) is 26.2. The summed E-state index contributed by atoms with van der Waals surface area (Å²) in [6, 6.07) is 18.1. The number of ether oxygens (including phenoxy) is 1. The molecule has 10 heteroatoms. The van der Waals surface area contributed by atoms with Crippen molar-refractivity contribution in [2.75, 3.05) is 13.7 Å². The van der Waals surface area contributed by atoms with Gasteiger partial charge in [0.1, 0.15) is 18.2 Å². The average molecular weight is 551 g/mol. The molecule has 3 N–H and O–H groups in total. The highest BCUT2D eigenvalue weighted by Gasteiger charge is 2.36. The minimum Gasteiger partial charge on any atom is -0.453 e. The van der Waals surface area contributed by atoms with Gasteiger partial charge in [-0.25, -0.2) is 14.8 Å². The quantitative estimate of drug-likeness (QED) is 0.287. The van der Waals surface area contributed by atoms with Gasteiger partial charge in [0.15, 0.2) is 0 Å². The number of carbonyl (C=O) groups is 2. The van der Waals surface area contributed by atoms with Gasteiger partial charge in [0.2, 0.25) is 5.91 Å². The number of nitrogens with zero attached hydrogens (tertiary/aromatic N) is 3. The number of likely N-dealkylation sites (tertiary alicyclic amines) is 1. The summed E-state index contributed by atoms with van der Waals surface area (Å²) in [5.41, 5.74) is 4.43. The van der Waals surface area contributed by atoms with Gasteiger partial charge in [0.25, 0.3) is 5.56 Å². The van der Waals surface area contributed by atoms with E-state index < -0.39 is 6.09 Å². The van der Waals surface area contributed by atoms with E-state index in [1.807, 2.05) is 25.1 Å². The van der Waals surface area contributed by atoms with Gasteiger partial charge in [0, 0.05) is 11.6 Å². The summed E-state index contributed by atoms with van der Waals surface area (Å²) in [5.74, 6) is 1.14. The highest BCUT2D eigenvalue weighted by molar-refractivity contribution is 5.92. The number of benzene rings is 3. The monoisotopic (exact) mass is 550 g/mol. The van der Waals surface area contributed by atoms with Crippen LogP contribution in [-0.2, 0) is 9.53 Å². The molecule has 0 radical (unpaired) electrons. The van der Waals surface area contributed by atoms with E-state index in [-0.39, 0.29) is 30.1 Å². The Balaban J connectivity index is 1.24. The largest absolute Gasteiger partial charge is 0.453 e. The summed E-state index contributed by atoms with van der Waals surface area (Å²) >= 11 is 0. The third kappa shape index (κ3) is 5.04. The number of hydrogen-bond donors (Lipinski definition) is 3. The molecular formula is C31H30N6O4. The number of H-pyrrole nitrogens is 2. The standard InChI is InChI=1S/C31H30N6O4/c1-17-4-11-27(37(17)28(38)16-33-31(40)41-3)29-32-15-26(36-29)23-8-7-19-12-20(5-6-21(19)13-23)22-9-10-24-25(14-22)34-18(2)35-30(24)39/h5-10,12-15,17,27H,4,11,16H2,1-3H3,(H,32,36)(H,33,40)(H,34,35,39). The number of nitrogens with one attached hydrogen (secondary N) is 3. The SMILES string of the molecule is COC(=O)NCC(=O)N1C(C)CCC1c1ncc(-c2ccc3cc(-c4ccc5c(=O)[nH]c(C)nc5c4)ccc3c2)[nH]1. The third-order valence-corrected chi connectivity index (χ3v) is 7.75. The normalized spacial score (nSPS) is 16.8. The maximum atomic E-state index is 12.9. The molecule has 5 aromatic rings. The van der Waals surface area contributed by atoms with Crippen molar-refractivity contribution in [2.45, 2.75) is 38.8 Å². The molecule has 1 saturated heterocycles. The number of hydrogen-bond acceptors (Lipinski definition) is 6. The molecule has 1 fully saturated rings. The van der Waals surface area contributed by atoms with Gasteiger partial charge in [-0.1, -0.05) is 30.3 Å². The van der Waals surface area contributed by atoms with E-state index in [1.165, 1.54) is 7.11 Å². The van der Waals surface area contributed by atoms with Crippen LogP contribution in [0, 0.1) is 6.92 Å². The van der Waals surface area contributed by atoms with Gasteiger partial charge in [-0.05, 0) is 72.9 Å². The summed E-state index contributed by atoms with van der Waals surface area (Å²) in [5, 5.41) is 5.21. The molecule has 41 heavy (non-hydrogen) atoms. The Bertz CT molecular complexity index is 1860. The molecule has 6 rings (SSSR count). The molecule has 2 amide bonds. The molecule has 0 bridgehead atoms. The maximum absolute atomic E-state index is 12.9. The van der Waals surface area contributed by atoms with Crippen molar-refractivity contribution in [2.24, 2.45) is 0 Å². The van der Waals surface area contributed by atoms with E-state index in [2.05, 4.69) is 66.4 Å². The van der Waals surface area contributed by atoms with E-state index in [0.717, 1.165) is 51.8 Å². The highest BCUT2D eigenvalue weighted by atomic mass is 16.5. The van der Waals surface area contributed by atoms with Crippen molar-refractivity contribution in [3.8, 4) is 22.4 Å². The fourth-order valence-corrected chi connectivity index (χ4v) is 5.67. The van der Waals surface area contributed by atoms with Crippen molar-refractivity contribution in [1.82, 2.24) is 30.2 Å². The molecule has 2 unspecified atom stereocenters. The fraction of sp³-hybridized carbons (Fsp3) is 0.258. The molecule has 2 aromatic heterocycles.